The van der Waals surface area contributed by atoms with Crippen LogP contribution in [-0.2, 0) is 20.6 Å². The molecule has 0 aliphatic carbocycles. The highest BCUT2D eigenvalue weighted by molar-refractivity contribution is 5.89. The number of fused-ring (bicyclic) bond motifs is 2. The van der Waals surface area contributed by atoms with Crippen molar-refractivity contribution in [3.05, 3.63) is 76.1 Å². The zero-order chi connectivity index (χ0) is 47.5. The average Bonchev–Trinajstić information content (AvgIpc) is 3.30. The second-order valence-corrected chi connectivity index (χ2v) is 19.0. The first-order chi connectivity index (χ1) is 32.1. The van der Waals surface area contributed by atoms with Crippen molar-refractivity contribution >= 4 is 28.1 Å². The van der Waals surface area contributed by atoms with Crippen molar-refractivity contribution in [1.29, 1.82) is 0 Å². The number of aromatic amines is 1. The van der Waals surface area contributed by atoms with Gasteiger partial charge in [0.05, 0.1) is 16.0 Å². The van der Waals surface area contributed by atoms with Crippen LogP contribution in [0.15, 0.2) is 43.4 Å². The van der Waals surface area contributed by atoms with Crippen LogP contribution < -0.4 is 27.4 Å². The second kappa shape index (κ2) is 30.7. The van der Waals surface area contributed by atoms with Gasteiger partial charge in [-0.2, -0.15) is 4.98 Å². The van der Waals surface area contributed by atoms with Crippen molar-refractivity contribution in [3.8, 4) is 11.4 Å². The fourth-order valence-corrected chi connectivity index (χ4v) is 9.44. The molecule has 2 aliphatic heterocycles. The second-order valence-electron chi connectivity index (χ2n) is 19.0. The molecule has 368 valence electrons. The van der Waals surface area contributed by atoms with Gasteiger partial charge in [-0.15, -0.1) is 0 Å². The van der Waals surface area contributed by atoms with Gasteiger partial charge in [-0.1, -0.05) is 213 Å². The number of nitro groups is 1. The summed E-state index contributed by atoms with van der Waals surface area (Å²) in [6, 6.07) is 7.27. The Hall–Kier alpha value is -4.55. The van der Waals surface area contributed by atoms with Gasteiger partial charge < -0.3 is 9.47 Å². The Bertz CT molecular complexity index is 2240. The molecule has 0 amide bonds. The molecule has 0 bridgehead atoms. The van der Waals surface area contributed by atoms with Gasteiger partial charge in [-0.05, 0) is 36.4 Å². The van der Waals surface area contributed by atoms with Crippen molar-refractivity contribution in [2.24, 2.45) is 14.1 Å². The summed E-state index contributed by atoms with van der Waals surface area (Å²) in [5, 5.41) is 13.2. The number of pyridine rings is 1. The number of H-pyrrole nitrogens is 1. The monoisotopic (exact) mass is 916 g/mol. The number of nitrogens with zero attached hydrogens (tertiary/aromatic N) is 6. The molecule has 4 rings (SSSR count). The smallest absolute Gasteiger partial charge is 0.325 e. The Kier molecular flexibility index (Phi) is 25.1. The van der Waals surface area contributed by atoms with Crippen molar-refractivity contribution in [2.75, 3.05) is 11.4 Å². The normalized spacial score (nSPS) is 11.6. The number of anilines is 2. The van der Waals surface area contributed by atoms with E-state index in [1.165, 1.54) is 168 Å². The van der Waals surface area contributed by atoms with Gasteiger partial charge in [0, 0.05) is 32.9 Å². The first-order valence-electron chi connectivity index (χ1n) is 26.4. The number of unbranched alkanes of at least 4 members (excludes halogenated alkanes) is 30. The summed E-state index contributed by atoms with van der Waals surface area (Å²) >= 11 is 0. The van der Waals surface area contributed by atoms with Crippen LogP contribution >= 0.6 is 0 Å². The van der Waals surface area contributed by atoms with Crippen LogP contribution in [0.25, 0.3) is 22.3 Å². The van der Waals surface area contributed by atoms with E-state index >= 15 is 0 Å². The maximum absolute atomic E-state index is 13.4. The minimum atomic E-state index is -0.982. The van der Waals surface area contributed by atoms with Crippen molar-refractivity contribution < 1.29 is 4.92 Å². The van der Waals surface area contributed by atoms with E-state index in [1.54, 1.807) is 17.0 Å². The van der Waals surface area contributed by atoms with Gasteiger partial charge in [0.1, 0.15) is 0 Å². The first kappa shape index (κ1) is 54.1. The summed E-state index contributed by atoms with van der Waals surface area (Å²) in [4.78, 5) is 73.1. The fourth-order valence-electron chi connectivity index (χ4n) is 9.44. The van der Waals surface area contributed by atoms with Gasteiger partial charge in [0.2, 0.25) is 5.82 Å². The standard InChI is InChI=1S/C53H85N7O6/c1-5-7-9-11-13-15-17-19-21-23-25-27-29-31-33-35-39-58(49-47(60(65)66)51(62)57(4)53(64)55-49)44-38-37-43-41-45-48(54-52(63)56(3)50(45)61)59(46(43)42-44)40-36-34-32-30-28-26-24-22-20-18-16-14-12-10-8-6-2/h37-38,41-42H,5-36,39-40H2,1-4H3,(H,55,64). The van der Waals surface area contributed by atoms with Crippen LogP contribution in [0.4, 0.5) is 17.2 Å². The molecule has 0 spiro atoms. The molecule has 13 nitrogen and oxygen atoms in total. The Morgan fingerprint density at radius 1 is 0.576 bits per heavy atom. The summed E-state index contributed by atoms with van der Waals surface area (Å²) in [6.07, 6.45) is 39.4. The lowest BCUT2D eigenvalue weighted by molar-refractivity contribution is -0.386. The largest absolute Gasteiger partial charge is 0.374 e. The molecule has 0 radical (unpaired) electrons. The molecule has 1 aromatic carbocycles. The molecule has 0 saturated heterocycles. The summed E-state index contributed by atoms with van der Waals surface area (Å²) in [5.41, 5.74) is -1.90. The van der Waals surface area contributed by atoms with E-state index in [-0.39, 0.29) is 5.82 Å². The van der Waals surface area contributed by atoms with Gasteiger partial charge >= 0.3 is 22.6 Å². The lowest BCUT2D eigenvalue weighted by Gasteiger charge is -2.26. The van der Waals surface area contributed by atoms with Crippen LogP contribution in [0.3, 0.4) is 0 Å². The van der Waals surface area contributed by atoms with E-state index in [0.717, 1.165) is 59.5 Å². The number of rotatable bonds is 37. The molecule has 0 fully saturated rings. The molecule has 2 aromatic rings. The first-order valence-corrected chi connectivity index (χ1v) is 26.4. The van der Waals surface area contributed by atoms with Gasteiger partial charge in [-0.25, -0.2) is 9.59 Å². The third-order valence-electron chi connectivity index (χ3n) is 13.6. The predicted octanol–water partition coefficient (Wildman–Crippen LogP) is 13.2. The zero-order valence-corrected chi connectivity index (χ0v) is 41.5. The number of hydrogen-bond donors (Lipinski definition) is 1. The third kappa shape index (κ3) is 17.3. The van der Waals surface area contributed by atoms with E-state index in [4.69, 9.17) is 0 Å². The van der Waals surface area contributed by atoms with Crippen LogP contribution in [0, 0.1) is 10.1 Å². The van der Waals surface area contributed by atoms with Gasteiger partial charge in [0.15, 0.2) is 5.82 Å². The average molecular weight is 916 g/mol. The lowest BCUT2D eigenvalue weighted by Crippen LogP contribution is -2.37. The SMILES string of the molecule is CCCCCCCCCCCCCCCCCCN(c1ccc2cc3c(=O)n(C)c(=O)nc-3n(CCCCCCCCCCCCCCCCCC)c2c1)c1[nH]c(=O)n(C)c(=O)c1[N+](=O)[O-]. The van der Waals surface area contributed by atoms with Crippen molar-refractivity contribution in [1.82, 2.24) is 23.7 Å². The summed E-state index contributed by atoms with van der Waals surface area (Å²) in [7, 11) is 2.65. The highest BCUT2D eigenvalue weighted by Crippen LogP contribution is 2.34. The molecule has 2 aliphatic rings. The fraction of sp³-hybridized carbons (Fsp3) is 0.717. The molecule has 66 heavy (non-hydrogen) atoms. The van der Waals surface area contributed by atoms with E-state index < -0.39 is 33.1 Å². The Balaban J connectivity index is 1.43. The van der Waals surface area contributed by atoms with E-state index in [9.17, 15) is 29.3 Å². The summed E-state index contributed by atoms with van der Waals surface area (Å²) in [6.45, 7) is 5.35. The molecule has 0 saturated carbocycles. The van der Waals surface area contributed by atoms with Gasteiger partial charge in [-0.3, -0.25) is 33.8 Å². The molecule has 0 unspecified atom stereocenters. The zero-order valence-electron chi connectivity index (χ0n) is 41.5. The molecular formula is C53H85N7O6. The molecule has 1 N–H and O–H groups in total. The van der Waals surface area contributed by atoms with Crippen LogP contribution in [0.2, 0.25) is 0 Å². The maximum Gasteiger partial charge on any atom is 0.374 e. The van der Waals surface area contributed by atoms with E-state index in [2.05, 4.69) is 23.8 Å². The van der Waals surface area contributed by atoms with Gasteiger partial charge in [0.25, 0.3) is 5.56 Å². The number of hydrogen-bond acceptors (Lipinski definition) is 8. The van der Waals surface area contributed by atoms with Crippen LogP contribution in [-0.4, -0.2) is 35.1 Å². The summed E-state index contributed by atoms with van der Waals surface area (Å²) < 4.78 is 3.67. The Labute approximate surface area is 394 Å². The molecule has 13 heteroatoms. The van der Waals surface area contributed by atoms with E-state index in [0.29, 0.717) is 42.1 Å². The maximum atomic E-state index is 13.4. The minimum Gasteiger partial charge on any atom is -0.325 e. The summed E-state index contributed by atoms with van der Waals surface area (Å²) in [5.74, 6) is 0.137. The Morgan fingerprint density at radius 2 is 1.02 bits per heavy atom. The molecule has 1 aromatic heterocycles. The molecular weight excluding hydrogens is 831 g/mol. The quantitative estimate of drug-likeness (QED) is 0.0203. The van der Waals surface area contributed by atoms with E-state index in [1.807, 2.05) is 16.7 Å². The predicted molar refractivity (Wildman–Crippen MR) is 273 cm³/mol. The highest BCUT2D eigenvalue weighted by Gasteiger charge is 2.29. The third-order valence-corrected chi connectivity index (χ3v) is 13.6. The number of nitrogens with one attached hydrogen (secondary N) is 1. The topological polar surface area (TPSA) is 158 Å². The number of benzene rings is 1. The Morgan fingerprint density at radius 3 is 1.47 bits per heavy atom. The van der Waals surface area contributed by atoms with Crippen molar-refractivity contribution in [3.63, 3.8) is 0 Å². The lowest BCUT2D eigenvalue weighted by atomic mass is 10.0. The number of aromatic nitrogens is 5. The minimum absolute atomic E-state index is 0.160. The van der Waals surface area contributed by atoms with Crippen molar-refractivity contribution in [2.45, 2.75) is 226 Å². The van der Waals surface area contributed by atoms with Crippen LogP contribution in [0.1, 0.15) is 219 Å². The molecule has 3 heterocycles. The van der Waals surface area contributed by atoms with Crippen LogP contribution in [0.5, 0.6) is 0 Å². The number of aryl methyl sites for hydroxylation is 1. The highest BCUT2D eigenvalue weighted by atomic mass is 16.6. The molecule has 0 atom stereocenters.